The number of unbranched alkanes of at least 4 members (excludes halogenated alkanes) is 1. The summed E-state index contributed by atoms with van der Waals surface area (Å²) < 4.78 is 20.8. The van der Waals surface area contributed by atoms with E-state index in [-0.39, 0.29) is 5.82 Å². The third kappa shape index (κ3) is 6.76. The second-order valence-corrected chi connectivity index (χ2v) is 7.62. The molecule has 150 valence electrons. The zero-order valence-corrected chi connectivity index (χ0v) is 17.2. The van der Waals surface area contributed by atoms with Crippen LogP contribution in [-0.4, -0.2) is 22.0 Å². The number of carbonyl (C=O) groups excluding carboxylic acids is 1. The van der Waals surface area contributed by atoms with Crippen LogP contribution >= 0.6 is 0 Å². The molecule has 0 atom stereocenters. The Labute approximate surface area is 165 Å². The van der Waals surface area contributed by atoms with Crippen LogP contribution in [0.2, 0.25) is 0 Å². The fourth-order valence-electron chi connectivity index (χ4n) is 2.53. The summed E-state index contributed by atoms with van der Waals surface area (Å²) in [6, 6.07) is 9.88. The van der Waals surface area contributed by atoms with E-state index < -0.39 is 11.7 Å². The van der Waals surface area contributed by atoms with E-state index in [4.69, 9.17) is 9.73 Å². The van der Waals surface area contributed by atoms with Gasteiger partial charge in [0.2, 0.25) is 0 Å². The minimum Gasteiger partial charge on any atom is -0.442 e. The number of amides is 1. The second-order valence-electron chi connectivity index (χ2n) is 7.62. The number of nitrogens with zero attached hydrogens (tertiary/aromatic N) is 3. The number of ether oxygens (including phenoxy) is 1. The molecule has 28 heavy (non-hydrogen) atoms. The maximum atomic E-state index is 13.7. The minimum absolute atomic E-state index is 0.292. The number of pyridine rings is 1. The van der Waals surface area contributed by atoms with Gasteiger partial charge >= 0.3 is 6.09 Å². The first-order valence-electron chi connectivity index (χ1n) is 9.46. The molecule has 0 fully saturated rings. The Hall–Kier alpha value is -2.76. The van der Waals surface area contributed by atoms with Crippen molar-refractivity contribution in [3.8, 4) is 0 Å². The Balaban J connectivity index is 2.44. The van der Waals surface area contributed by atoms with Crippen molar-refractivity contribution in [2.24, 2.45) is 17.0 Å². The van der Waals surface area contributed by atoms with Crippen molar-refractivity contribution in [1.82, 2.24) is 4.57 Å². The Kier molecular flexibility index (Phi) is 7.26. The molecule has 1 heterocycles. The summed E-state index contributed by atoms with van der Waals surface area (Å²) >= 11 is 0. The van der Waals surface area contributed by atoms with E-state index in [2.05, 4.69) is 11.9 Å². The monoisotopic (exact) mass is 385 g/mol. The van der Waals surface area contributed by atoms with Crippen LogP contribution in [0.3, 0.4) is 0 Å². The number of rotatable bonds is 5. The number of aryl methyl sites for hydroxylation is 1. The van der Waals surface area contributed by atoms with Gasteiger partial charge in [-0.05, 0) is 57.4 Å². The maximum Gasteiger partial charge on any atom is 0.434 e. The summed E-state index contributed by atoms with van der Waals surface area (Å²) in [5.41, 5.74) is 0.945. The van der Waals surface area contributed by atoms with Crippen LogP contribution in [0.1, 0.15) is 52.5 Å². The van der Waals surface area contributed by atoms with Crippen LogP contribution in [0.15, 0.2) is 52.6 Å². The predicted molar refractivity (Wildman–Crippen MR) is 109 cm³/mol. The summed E-state index contributed by atoms with van der Waals surface area (Å²) in [7, 11) is 1.86. The molecule has 1 aromatic carbocycles. The molecule has 0 aliphatic carbocycles. The van der Waals surface area contributed by atoms with Crippen molar-refractivity contribution in [3.05, 3.63) is 59.3 Å². The van der Waals surface area contributed by atoms with Gasteiger partial charge in [0.15, 0.2) is 0 Å². The van der Waals surface area contributed by atoms with Gasteiger partial charge in [-0.1, -0.05) is 25.5 Å². The number of halogens is 1. The van der Waals surface area contributed by atoms with Gasteiger partial charge in [0.05, 0.1) is 11.1 Å². The highest BCUT2D eigenvalue weighted by Crippen LogP contribution is 2.16. The Bertz CT molecular complexity index is 924. The summed E-state index contributed by atoms with van der Waals surface area (Å²) in [6.45, 7) is 7.48. The highest BCUT2D eigenvalue weighted by atomic mass is 19.1. The molecule has 0 spiro atoms. The molecule has 0 saturated heterocycles. The van der Waals surface area contributed by atoms with Crippen LogP contribution in [0, 0.1) is 5.82 Å². The smallest absolute Gasteiger partial charge is 0.434 e. The topological polar surface area (TPSA) is 55.9 Å². The van der Waals surface area contributed by atoms with E-state index >= 15 is 0 Å². The maximum absolute atomic E-state index is 13.7. The van der Waals surface area contributed by atoms with Crippen LogP contribution < -0.4 is 5.36 Å². The third-order valence-corrected chi connectivity index (χ3v) is 3.90. The SMILES string of the molecule is CCCCC(=Nc1cc(=NC(=O)OC(C)(C)C)ccn1C)c1cccc(F)c1. The molecule has 2 rings (SSSR count). The van der Waals surface area contributed by atoms with Crippen molar-refractivity contribution in [1.29, 1.82) is 0 Å². The average molecular weight is 385 g/mol. The number of hydrogen-bond acceptors (Lipinski definition) is 3. The molecule has 0 aliphatic rings. The van der Waals surface area contributed by atoms with Crippen LogP contribution in [0.5, 0.6) is 0 Å². The van der Waals surface area contributed by atoms with E-state index in [1.807, 2.05) is 17.7 Å². The van der Waals surface area contributed by atoms with Crippen LogP contribution in [-0.2, 0) is 11.8 Å². The summed E-state index contributed by atoms with van der Waals surface area (Å²) in [4.78, 5) is 20.7. The van der Waals surface area contributed by atoms with E-state index in [0.717, 1.165) is 30.5 Å². The number of benzene rings is 1. The van der Waals surface area contributed by atoms with Gasteiger partial charge in [0.1, 0.15) is 17.2 Å². The Morgan fingerprint density at radius 1 is 1.21 bits per heavy atom. The predicted octanol–water partition coefficient (Wildman–Crippen LogP) is 5.31. The van der Waals surface area contributed by atoms with E-state index in [9.17, 15) is 9.18 Å². The molecule has 0 unspecified atom stereocenters. The van der Waals surface area contributed by atoms with Crippen molar-refractivity contribution in [2.45, 2.75) is 52.6 Å². The van der Waals surface area contributed by atoms with Crippen molar-refractivity contribution in [3.63, 3.8) is 0 Å². The highest BCUT2D eigenvalue weighted by Gasteiger charge is 2.15. The van der Waals surface area contributed by atoms with Crippen LogP contribution in [0.25, 0.3) is 0 Å². The van der Waals surface area contributed by atoms with Gasteiger partial charge < -0.3 is 9.30 Å². The van der Waals surface area contributed by atoms with Gasteiger partial charge in [-0.3, -0.25) is 0 Å². The molecule has 0 bridgehead atoms. The fraction of sp³-hybridized carbons (Fsp3) is 0.409. The Morgan fingerprint density at radius 2 is 1.96 bits per heavy atom. The molecule has 0 aliphatic heterocycles. The number of carbonyl (C=O) groups is 1. The lowest BCUT2D eigenvalue weighted by Gasteiger charge is -2.17. The molecule has 6 heteroatoms. The lowest BCUT2D eigenvalue weighted by atomic mass is 10.0. The first-order chi connectivity index (χ1) is 13.2. The van der Waals surface area contributed by atoms with Gasteiger partial charge in [-0.15, -0.1) is 0 Å². The molecule has 5 nitrogen and oxygen atoms in total. The van der Waals surface area contributed by atoms with Gasteiger partial charge in [0.25, 0.3) is 0 Å². The quantitative estimate of drug-likeness (QED) is 0.655. The summed E-state index contributed by atoms with van der Waals surface area (Å²) in [5.74, 6) is 0.333. The van der Waals surface area contributed by atoms with Gasteiger partial charge in [-0.25, -0.2) is 14.2 Å². The third-order valence-electron chi connectivity index (χ3n) is 3.90. The van der Waals surface area contributed by atoms with Crippen molar-refractivity contribution < 1.29 is 13.9 Å². The van der Waals surface area contributed by atoms with Crippen LogP contribution in [0.4, 0.5) is 15.0 Å². The first-order valence-corrected chi connectivity index (χ1v) is 9.46. The van der Waals surface area contributed by atoms with Gasteiger partial charge in [0, 0.05) is 19.3 Å². The zero-order chi connectivity index (χ0) is 20.7. The molecule has 1 amide bonds. The van der Waals surface area contributed by atoms with Crippen molar-refractivity contribution >= 4 is 17.6 Å². The number of aliphatic imine (C=N–C) groups is 1. The second kappa shape index (κ2) is 9.44. The molecule has 0 radical (unpaired) electrons. The molecular formula is C22H28FN3O2. The van der Waals surface area contributed by atoms with E-state index in [1.165, 1.54) is 12.1 Å². The average Bonchev–Trinajstić information content (AvgIpc) is 2.59. The molecule has 2 aromatic rings. The van der Waals surface area contributed by atoms with E-state index in [0.29, 0.717) is 11.2 Å². The van der Waals surface area contributed by atoms with Crippen molar-refractivity contribution in [2.75, 3.05) is 0 Å². The normalized spacial score (nSPS) is 12.9. The van der Waals surface area contributed by atoms with E-state index in [1.54, 1.807) is 45.2 Å². The summed E-state index contributed by atoms with van der Waals surface area (Å²) in [6.07, 6.45) is 3.82. The lowest BCUT2D eigenvalue weighted by molar-refractivity contribution is 0.0597. The number of aromatic nitrogens is 1. The zero-order valence-electron chi connectivity index (χ0n) is 17.2. The molecule has 1 aromatic heterocycles. The summed E-state index contributed by atoms with van der Waals surface area (Å²) in [5, 5.41) is 0.459. The molecular weight excluding hydrogens is 357 g/mol. The highest BCUT2D eigenvalue weighted by molar-refractivity contribution is 6.01. The fourth-order valence-corrected chi connectivity index (χ4v) is 2.53. The standard InChI is InChI=1S/C22H28FN3O2/c1-6-7-11-19(16-9-8-10-17(23)14-16)25-20-15-18(12-13-26(20)5)24-21(27)28-22(2,3)4/h8-10,12-15H,6-7,11H2,1-5H3. The minimum atomic E-state index is -0.646. The Morgan fingerprint density at radius 3 is 2.61 bits per heavy atom. The first kappa shape index (κ1) is 21.5. The lowest BCUT2D eigenvalue weighted by Crippen LogP contribution is -2.23. The molecule has 0 saturated carbocycles. The number of hydrogen-bond donors (Lipinski definition) is 0. The largest absolute Gasteiger partial charge is 0.442 e. The van der Waals surface area contributed by atoms with Gasteiger partial charge in [-0.2, -0.15) is 4.99 Å². The molecule has 0 N–H and O–H groups in total.